The molecule has 0 saturated carbocycles. The van der Waals surface area contributed by atoms with Crippen molar-refractivity contribution in [2.45, 2.75) is 17.0 Å². The number of thioether (sulfide) groups is 1. The molecular weight excluding hydrogens is 268 g/mol. The number of carbonyl (C=O) groups excluding carboxylic acids is 1. The summed E-state index contributed by atoms with van der Waals surface area (Å²) < 4.78 is 5.64. The summed E-state index contributed by atoms with van der Waals surface area (Å²) in [6.07, 6.45) is 0. The van der Waals surface area contributed by atoms with Gasteiger partial charge in [-0.15, -0.1) is 10.2 Å². The van der Waals surface area contributed by atoms with E-state index in [1.807, 2.05) is 18.2 Å². The fourth-order valence-corrected chi connectivity index (χ4v) is 2.96. The molecule has 18 heavy (non-hydrogen) atoms. The molecule has 0 aliphatic rings. The second-order valence-electron chi connectivity index (χ2n) is 3.37. The van der Waals surface area contributed by atoms with E-state index in [1.165, 1.54) is 16.9 Å². The molecule has 0 aliphatic carbocycles. The first kappa shape index (κ1) is 13.0. The van der Waals surface area contributed by atoms with Gasteiger partial charge in [0, 0.05) is 5.75 Å². The Kier molecular flexibility index (Phi) is 4.72. The van der Waals surface area contributed by atoms with Gasteiger partial charge in [0.2, 0.25) is 5.01 Å². The zero-order valence-electron chi connectivity index (χ0n) is 9.83. The highest BCUT2D eigenvalue weighted by Gasteiger charge is 2.13. The number of carbonyl (C=O) groups is 1. The van der Waals surface area contributed by atoms with Gasteiger partial charge in [-0.05, 0) is 12.5 Å². The Morgan fingerprint density at radius 3 is 2.83 bits per heavy atom. The molecule has 0 atom stereocenters. The first-order valence-electron chi connectivity index (χ1n) is 5.47. The van der Waals surface area contributed by atoms with E-state index in [0.29, 0.717) is 11.6 Å². The molecule has 4 nitrogen and oxygen atoms in total. The van der Waals surface area contributed by atoms with Crippen molar-refractivity contribution in [3.8, 4) is 0 Å². The van der Waals surface area contributed by atoms with Crippen LogP contribution in [-0.2, 0) is 10.5 Å². The summed E-state index contributed by atoms with van der Waals surface area (Å²) in [4.78, 5) is 11.4. The molecule has 0 saturated heterocycles. The molecular formula is C12H12N2O2S2. The van der Waals surface area contributed by atoms with Gasteiger partial charge in [0.15, 0.2) is 4.34 Å². The Balaban J connectivity index is 1.93. The molecule has 0 spiro atoms. The quantitative estimate of drug-likeness (QED) is 0.622. The van der Waals surface area contributed by atoms with Crippen molar-refractivity contribution in [3.63, 3.8) is 0 Å². The number of hydrogen-bond acceptors (Lipinski definition) is 6. The maximum absolute atomic E-state index is 11.4. The summed E-state index contributed by atoms with van der Waals surface area (Å²) in [6, 6.07) is 10.1. The van der Waals surface area contributed by atoms with Crippen LogP contribution in [0.1, 0.15) is 22.3 Å². The van der Waals surface area contributed by atoms with Crippen LogP contribution in [0.2, 0.25) is 0 Å². The minimum atomic E-state index is -0.401. The molecule has 94 valence electrons. The Labute approximate surface area is 113 Å². The van der Waals surface area contributed by atoms with Crippen molar-refractivity contribution in [2.75, 3.05) is 6.61 Å². The van der Waals surface area contributed by atoms with Gasteiger partial charge in [-0.2, -0.15) is 0 Å². The second-order valence-corrected chi connectivity index (χ2v) is 5.57. The second kappa shape index (κ2) is 6.51. The number of esters is 1. The Morgan fingerprint density at radius 2 is 2.11 bits per heavy atom. The van der Waals surface area contributed by atoms with Crippen LogP contribution < -0.4 is 0 Å². The summed E-state index contributed by atoms with van der Waals surface area (Å²) in [5.41, 5.74) is 1.22. The van der Waals surface area contributed by atoms with E-state index in [1.54, 1.807) is 18.7 Å². The third kappa shape index (κ3) is 3.54. The average Bonchev–Trinajstić information content (AvgIpc) is 2.87. The van der Waals surface area contributed by atoms with Gasteiger partial charge in [0.1, 0.15) is 0 Å². The Morgan fingerprint density at radius 1 is 1.33 bits per heavy atom. The highest BCUT2D eigenvalue weighted by atomic mass is 32.2. The van der Waals surface area contributed by atoms with Crippen molar-refractivity contribution in [2.24, 2.45) is 0 Å². The summed E-state index contributed by atoms with van der Waals surface area (Å²) in [5.74, 6) is 0.416. The molecule has 2 rings (SSSR count). The molecule has 1 aromatic carbocycles. The predicted molar refractivity (Wildman–Crippen MR) is 71.9 cm³/mol. The van der Waals surface area contributed by atoms with Gasteiger partial charge < -0.3 is 4.74 Å². The third-order valence-corrected chi connectivity index (χ3v) is 4.17. The number of hydrogen-bond donors (Lipinski definition) is 0. The van der Waals surface area contributed by atoms with Crippen molar-refractivity contribution in [1.29, 1.82) is 0 Å². The smallest absolute Gasteiger partial charge is 0.369 e. The minimum absolute atomic E-state index is 0.312. The van der Waals surface area contributed by atoms with Crippen molar-refractivity contribution < 1.29 is 9.53 Å². The van der Waals surface area contributed by atoms with Crippen molar-refractivity contribution in [1.82, 2.24) is 10.2 Å². The van der Waals surface area contributed by atoms with Crippen LogP contribution >= 0.6 is 23.1 Å². The van der Waals surface area contributed by atoms with Gasteiger partial charge >= 0.3 is 5.97 Å². The molecule has 2 aromatic rings. The van der Waals surface area contributed by atoms with E-state index in [0.717, 1.165) is 10.1 Å². The van der Waals surface area contributed by atoms with Gasteiger partial charge in [-0.25, -0.2) is 4.79 Å². The Bertz CT molecular complexity index is 514. The van der Waals surface area contributed by atoms with E-state index in [9.17, 15) is 4.79 Å². The molecule has 0 unspecified atom stereocenters. The standard InChI is InChI=1S/C12H12N2O2S2/c1-2-16-11(15)10-13-14-12(18-10)17-8-9-6-4-3-5-7-9/h3-7H,2,8H2,1H3. The topological polar surface area (TPSA) is 52.1 Å². The lowest BCUT2D eigenvalue weighted by atomic mass is 10.2. The molecule has 0 radical (unpaired) electrons. The SMILES string of the molecule is CCOC(=O)c1nnc(SCc2ccccc2)s1. The van der Waals surface area contributed by atoms with Crippen LogP contribution in [-0.4, -0.2) is 22.8 Å². The summed E-state index contributed by atoms with van der Waals surface area (Å²) in [7, 11) is 0. The molecule has 0 bridgehead atoms. The van der Waals surface area contributed by atoms with Crippen LogP contribution in [0.4, 0.5) is 0 Å². The molecule has 1 aromatic heterocycles. The maximum Gasteiger partial charge on any atom is 0.369 e. The number of aromatic nitrogens is 2. The number of nitrogens with zero attached hydrogens (tertiary/aromatic N) is 2. The predicted octanol–water partition coefficient (Wildman–Crippen LogP) is 3.01. The van der Waals surface area contributed by atoms with E-state index < -0.39 is 5.97 Å². The van der Waals surface area contributed by atoms with Crippen LogP contribution in [0.25, 0.3) is 0 Å². The van der Waals surface area contributed by atoms with Gasteiger partial charge in [-0.3, -0.25) is 0 Å². The molecule has 0 N–H and O–H groups in total. The van der Waals surface area contributed by atoms with Gasteiger partial charge in [0.25, 0.3) is 0 Å². The first-order valence-corrected chi connectivity index (χ1v) is 7.27. The van der Waals surface area contributed by atoms with Crippen LogP contribution in [0.15, 0.2) is 34.7 Å². The summed E-state index contributed by atoms with van der Waals surface area (Å²) in [5, 5.41) is 8.10. The number of benzene rings is 1. The minimum Gasteiger partial charge on any atom is -0.461 e. The van der Waals surface area contributed by atoms with Crippen LogP contribution in [0.3, 0.4) is 0 Å². The van der Waals surface area contributed by atoms with E-state index in [-0.39, 0.29) is 0 Å². The monoisotopic (exact) mass is 280 g/mol. The molecule has 0 fully saturated rings. The normalized spacial score (nSPS) is 10.3. The highest BCUT2D eigenvalue weighted by molar-refractivity contribution is 8.00. The zero-order valence-corrected chi connectivity index (χ0v) is 11.5. The molecule has 0 aliphatic heterocycles. The number of ether oxygens (including phenoxy) is 1. The van der Waals surface area contributed by atoms with Crippen LogP contribution in [0.5, 0.6) is 0 Å². The summed E-state index contributed by atoms with van der Waals surface area (Å²) in [6.45, 7) is 2.12. The Hall–Kier alpha value is -1.40. The van der Waals surface area contributed by atoms with Crippen molar-refractivity contribution >= 4 is 29.1 Å². The van der Waals surface area contributed by atoms with Gasteiger partial charge in [-0.1, -0.05) is 53.4 Å². The van der Waals surface area contributed by atoms with Crippen molar-refractivity contribution in [3.05, 3.63) is 40.9 Å². The lowest BCUT2D eigenvalue weighted by molar-refractivity contribution is 0.0525. The zero-order chi connectivity index (χ0) is 12.8. The van der Waals surface area contributed by atoms with E-state index >= 15 is 0 Å². The fourth-order valence-electron chi connectivity index (χ4n) is 1.26. The average molecular weight is 280 g/mol. The van der Waals surface area contributed by atoms with Crippen LogP contribution in [0, 0.1) is 0 Å². The third-order valence-electron chi connectivity index (χ3n) is 2.06. The first-order chi connectivity index (χ1) is 8.79. The molecule has 1 heterocycles. The largest absolute Gasteiger partial charge is 0.461 e. The maximum atomic E-state index is 11.4. The van der Waals surface area contributed by atoms with Gasteiger partial charge in [0.05, 0.1) is 6.61 Å². The number of rotatable bonds is 5. The highest BCUT2D eigenvalue weighted by Crippen LogP contribution is 2.26. The fraction of sp³-hybridized carbons (Fsp3) is 0.250. The summed E-state index contributed by atoms with van der Waals surface area (Å²) >= 11 is 2.83. The lowest BCUT2D eigenvalue weighted by Crippen LogP contribution is -2.03. The van der Waals surface area contributed by atoms with E-state index in [4.69, 9.17) is 4.74 Å². The lowest BCUT2D eigenvalue weighted by Gasteiger charge is -1.97. The van der Waals surface area contributed by atoms with E-state index in [2.05, 4.69) is 22.3 Å². The molecule has 6 heteroatoms. The molecule has 0 amide bonds.